The van der Waals surface area contributed by atoms with E-state index in [0.717, 1.165) is 5.69 Å². The van der Waals surface area contributed by atoms with Gasteiger partial charge in [-0.2, -0.15) is 0 Å². The van der Waals surface area contributed by atoms with Crippen molar-refractivity contribution in [2.75, 3.05) is 0 Å². The molecule has 2 nitrogen and oxygen atoms in total. The smallest absolute Gasteiger partial charge is 0.269 e. The van der Waals surface area contributed by atoms with Crippen LogP contribution >= 0.6 is 0 Å². The van der Waals surface area contributed by atoms with Crippen LogP contribution in [-0.4, -0.2) is 4.57 Å². The Morgan fingerprint density at radius 1 is 0.571 bits per heavy atom. The lowest BCUT2D eigenvalue weighted by atomic mass is 9.59. The first-order chi connectivity index (χ1) is 16.9. The number of aromatic nitrogens is 2. The van der Waals surface area contributed by atoms with Crippen LogP contribution in [0.2, 0.25) is 0 Å². The van der Waals surface area contributed by atoms with E-state index >= 15 is 0 Å². The van der Waals surface area contributed by atoms with Crippen molar-refractivity contribution in [1.82, 2.24) is 4.57 Å². The van der Waals surface area contributed by atoms with Gasteiger partial charge in [0.15, 0.2) is 0 Å². The van der Waals surface area contributed by atoms with Gasteiger partial charge in [-0.25, -0.2) is 0 Å². The maximum atomic E-state index is 3.83. The number of imidazole rings is 1. The van der Waals surface area contributed by atoms with Crippen molar-refractivity contribution >= 4 is 0 Å². The molecule has 0 spiro atoms. The van der Waals surface area contributed by atoms with E-state index in [1.54, 1.807) is 0 Å². The van der Waals surface area contributed by atoms with Crippen LogP contribution in [0.4, 0.5) is 0 Å². The summed E-state index contributed by atoms with van der Waals surface area (Å²) in [4.78, 5) is 0. The first-order valence-electron chi connectivity index (χ1n) is 12.4. The quantitative estimate of drug-likeness (QED) is 0.167. The first-order valence-corrected chi connectivity index (χ1v) is 12.4. The van der Waals surface area contributed by atoms with Crippen molar-refractivity contribution in [3.05, 3.63) is 115 Å². The molecule has 0 bridgehead atoms. The van der Waals surface area contributed by atoms with Crippen molar-refractivity contribution in [2.45, 2.75) is 38.5 Å². The van der Waals surface area contributed by atoms with Crippen molar-refractivity contribution in [2.24, 2.45) is 0 Å². The lowest BCUT2D eigenvalue weighted by Crippen LogP contribution is -2.46. The first kappa shape index (κ1) is 20.5. The van der Waals surface area contributed by atoms with E-state index in [2.05, 4.69) is 140 Å². The Balaban J connectivity index is 1.71. The number of hydrogen-bond donors (Lipinski definition) is 0. The maximum Gasteiger partial charge on any atom is 0.269 e. The highest BCUT2D eigenvalue weighted by atomic mass is 15.2. The summed E-state index contributed by atoms with van der Waals surface area (Å²) in [6, 6.07) is 35.3. The topological polar surface area (TPSA) is 8.81 Å². The molecule has 2 aliphatic rings. The molecule has 2 aliphatic heterocycles. The Labute approximate surface area is 207 Å². The summed E-state index contributed by atoms with van der Waals surface area (Å²) in [7, 11) is 0. The summed E-state index contributed by atoms with van der Waals surface area (Å²) in [6.45, 7) is 9.56. The Morgan fingerprint density at radius 2 is 1.09 bits per heavy atom. The number of nitrogens with zero attached hydrogens (tertiary/aromatic N) is 2. The molecule has 3 heterocycles. The van der Waals surface area contributed by atoms with E-state index in [1.165, 1.54) is 50.5 Å². The van der Waals surface area contributed by atoms with Gasteiger partial charge < -0.3 is 0 Å². The third-order valence-corrected chi connectivity index (χ3v) is 8.68. The van der Waals surface area contributed by atoms with Crippen LogP contribution in [0.1, 0.15) is 39.0 Å². The average molecular weight is 453 g/mol. The van der Waals surface area contributed by atoms with E-state index in [-0.39, 0.29) is 10.8 Å². The fourth-order valence-corrected chi connectivity index (χ4v) is 6.19. The Hall–Kier alpha value is -3.91. The molecule has 0 saturated heterocycles. The summed E-state index contributed by atoms with van der Waals surface area (Å²) in [5.74, 6) is 0. The molecule has 4 aromatic carbocycles. The molecule has 7 rings (SSSR count). The summed E-state index contributed by atoms with van der Waals surface area (Å²) in [5, 5.41) is 0. The molecule has 0 fully saturated rings. The zero-order chi connectivity index (χ0) is 23.9. The second kappa shape index (κ2) is 6.82. The lowest BCUT2D eigenvalue weighted by Gasteiger charge is -2.48. The monoisotopic (exact) mass is 452 g/mol. The highest BCUT2D eigenvalue weighted by Crippen LogP contribution is 2.53. The average Bonchev–Trinajstić information content (AvgIpc) is 3.28. The summed E-state index contributed by atoms with van der Waals surface area (Å²) in [5.41, 5.74) is 12.4. The number of fused-ring (bicyclic) bond motifs is 12. The van der Waals surface area contributed by atoms with Gasteiger partial charge in [0.25, 0.3) is 6.33 Å². The molecule has 170 valence electrons. The van der Waals surface area contributed by atoms with Crippen LogP contribution in [0.25, 0.3) is 44.9 Å². The van der Waals surface area contributed by atoms with Crippen LogP contribution < -0.4 is 4.57 Å². The molecule has 2 heteroatoms. The zero-order valence-corrected chi connectivity index (χ0v) is 20.6. The molecule has 0 atom stereocenters. The van der Waals surface area contributed by atoms with Gasteiger partial charge in [-0.15, -0.1) is 0 Å². The standard InChI is InChI=1S/C33H28N2/c1-32(2)27-18-10-12-20-29(27)35-21-34-28-19-11-9-16-25(28)23-14-6-5-13-22(23)24-15-7-8-17-26(24)30(34)31(35)33(32,3)4/h5-20H,1-4H3. The van der Waals surface area contributed by atoms with E-state index < -0.39 is 0 Å². The number of hydrogen-bond acceptors (Lipinski definition) is 0. The predicted molar refractivity (Wildman–Crippen MR) is 142 cm³/mol. The zero-order valence-electron chi connectivity index (χ0n) is 20.6. The fraction of sp³-hybridized carbons (Fsp3) is 0.182. The SMILES string of the molecule is CC1(C)c2ccccc2-n2[c-][n+]3c(c2C1(C)C)-c1ccccc1-c1ccccc1-c1ccccc1-3. The Kier molecular flexibility index (Phi) is 3.99. The molecular formula is C33H28N2. The molecule has 0 unspecified atom stereocenters. The van der Waals surface area contributed by atoms with E-state index in [1.807, 2.05) is 0 Å². The van der Waals surface area contributed by atoms with Gasteiger partial charge in [0.05, 0.1) is 22.8 Å². The molecule has 0 radical (unpaired) electrons. The Bertz CT molecular complexity index is 1650. The van der Waals surface area contributed by atoms with Gasteiger partial charge in [-0.05, 0) is 50.9 Å². The van der Waals surface area contributed by atoms with Gasteiger partial charge in [0.1, 0.15) is 0 Å². The molecule has 35 heavy (non-hydrogen) atoms. The molecular weight excluding hydrogens is 424 g/mol. The molecule has 0 amide bonds. The van der Waals surface area contributed by atoms with Crippen molar-refractivity contribution in [3.63, 3.8) is 0 Å². The molecule has 0 aliphatic carbocycles. The second-order valence-electron chi connectivity index (χ2n) is 10.8. The van der Waals surface area contributed by atoms with Crippen molar-refractivity contribution in [1.29, 1.82) is 0 Å². The molecule has 5 aromatic rings. The minimum absolute atomic E-state index is 0.0607. The normalized spacial score (nSPS) is 15.9. The molecule has 1 aromatic heterocycles. The van der Waals surface area contributed by atoms with E-state index in [4.69, 9.17) is 0 Å². The van der Waals surface area contributed by atoms with Gasteiger partial charge in [-0.3, -0.25) is 9.13 Å². The fourth-order valence-electron chi connectivity index (χ4n) is 6.19. The van der Waals surface area contributed by atoms with E-state index in [0.29, 0.717) is 0 Å². The second-order valence-corrected chi connectivity index (χ2v) is 10.8. The Morgan fingerprint density at radius 3 is 1.80 bits per heavy atom. The highest BCUT2D eigenvalue weighted by Gasteiger charge is 2.49. The van der Waals surface area contributed by atoms with Gasteiger partial charge in [-0.1, -0.05) is 113 Å². The number of para-hydroxylation sites is 2. The maximum absolute atomic E-state index is 3.83. The van der Waals surface area contributed by atoms with Gasteiger partial charge in [0, 0.05) is 5.41 Å². The summed E-state index contributed by atoms with van der Waals surface area (Å²) in [6.07, 6.45) is 3.83. The van der Waals surface area contributed by atoms with Crippen LogP contribution in [-0.2, 0) is 10.8 Å². The summed E-state index contributed by atoms with van der Waals surface area (Å²) >= 11 is 0. The van der Waals surface area contributed by atoms with Crippen LogP contribution in [0.3, 0.4) is 0 Å². The minimum Gasteiger partial charge on any atom is -0.295 e. The van der Waals surface area contributed by atoms with Crippen LogP contribution in [0, 0.1) is 6.33 Å². The summed E-state index contributed by atoms with van der Waals surface area (Å²) < 4.78 is 4.65. The van der Waals surface area contributed by atoms with Crippen LogP contribution in [0.15, 0.2) is 97.1 Å². The van der Waals surface area contributed by atoms with Crippen molar-refractivity contribution in [3.8, 4) is 44.9 Å². The van der Waals surface area contributed by atoms with Crippen LogP contribution in [0.5, 0.6) is 0 Å². The third kappa shape index (κ3) is 2.52. The molecule has 0 saturated carbocycles. The van der Waals surface area contributed by atoms with Gasteiger partial charge in [0.2, 0.25) is 0 Å². The highest BCUT2D eigenvalue weighted by molar-refractivity contribution is 5.93. The minimum atomic E-state index is -0.140. The number of rotatable bonds is 0. The largest absolute Gasteiger partial charge is 0.295 e. The lowest BCUT2D eigenvalue weighted by molar-refractivity contribution is -0.587. The molecule has 0 N–H and O–H groups in total. The van der Waals surface area contributed by atoms with E-state index in [9.17, 15) is 0 Å². The van der Waals surface area contributed by atoms with Gasteiger partial charge >= 0.3 is 0 Å². The third-order valence-electron chi connectivity index (χ3n) is 8.68. The van der Waals surface area contributed by atoms with Crippen molar-refractivity contribution < 1.29 is 4.57 Å². The number of benzene rings is 4. The predicted octanol–water partition coefficient (Wildman–Crippen LogP) is 7.44.